The number of allylic oxidation sites excluding steroid dienone is 4. The topological polar surface area (TPSA) is 0 Å². The van der Waals surface area contributed by atoms with Crippen LogP contribution in [0.5, 0.6) is 0 Å². The van der Waals surface area contributed by atoms with Gasteiger partial charge in [0.2, 0.25) is 0 Å². The van der Waals surface area contributed by atoms with E-state index in [1.165, 1.54) is 34.8 Å². The zero-order chi connectivity index (χ0) is 12.4. The highest BCUT2D eigenvalue weighted by Crippen LogP contribution is 2.32. The van der Waals surface area contributed by atoms with E-state index in [9.17, 15) is 0 Å². The first-order valence-corrected chi connectivity index (χ1v) is 6.76. The Balaban J connectivity index is 2.06. The minimum Gasteiger partial charge on any atom is -0.0726 e. The van der Waals surface area contributed by atoms with Crippen molar-refractivity contribution in [3.63, 3.8) is 0 Å². The Morgan fingerprint density at radius 3 is 2.72 bits per heavy atom. The maximum Gasteiger partial charge on any atom is -0.0106 e. The first kappa shape index (κ1) is 11.3. The highest BCUT2D eigenvalue weighted by atomic mass is 14.1. The van der Waals surface area contributed by atoms with Gasteiger partial charge in [0.05, 0.1) is 0 Å². The highest BCUT2D eigenvalue weighted by Gasteiger charge is 2.10. The van der Waals surface area contributed by atoms with Crippen LogP contribution in [0.4, 0.5) is 0 Å². The van der Waals surface area contributed by atoms with Crippen molar-refractivity contribution in [2.45, 2.75) is 26.2 Å². The van der Waals surface area contributed by atoms with Gasteiger partial charge >= 0.3 is 0 Å². The average molecular weight is 234 g/mol. The minimum absolute atomic E-state index is 1.13. The van der Waals surface area contributed by atoms with Crippen LogP contribution in [0.3, 0.4) is 0 Å². The standard InChI is InChI=1S/C18H18/c1-2-6-14-11-12-16(13-14)18-10-5-8-15-7-3-4-9-17(15)18/h3-5,7-10,12-13H,2,6,11H2,1H3. The molecule has 0 aromatic heterocycles. The van der Waals surface area contributed by atoms with E-state index in [2.05, 4.69) is 61.5 Å². The summed E-state index contributed by atoms with van der Waals surface area (Å²) in [5, 5.41) is 2.69. The van der Waals surface area contributed by atoms with E-state index < -0.39 is 0 Å². The highest BCUT2D eigenvalue weighted by molar-refractivity contribution is 5.96. The van der Waals surface area contributed by atoms with Crippen LogP contribution in [0.15, 0.2) is 60.2 Å². The Kier molecular flexibility index (Phi) is 3.02. The van der Waals surface area contributed by atoms with Crippen LogP contribution < -0.4 is 0 Å². The number of fused-ring (bicyclic) bond motifs is 1. The van der Waals surface area contributed by atoms with Crippen molar-refractivity contribution >= 4 is 16.3 Å². The zero-order valence-corrected chi connectivity index (χ0v) is 10.8. The van der Waals surface area contributed by atoms with Gasteiger partial charge in [0.1, 0.15) is 0 Å². The lowest BCUT2D eigenvalue weighted by Crippen LogP contribution is -1.82. The molecular formula is C18H18. The molecule has 0 heteroatoms. The van der Waals surface area contributed by atoms with Gasteiger partial charge < -0.3 is 0 Å². The fourth-order valence-electron chi connectivity index (χ4n) is 2.74. The van der Waals surface area contributed by atoms with Gasteiger partial charge in [0, 0.05) is 0 Å². The smallest absolute Gasteiger partial charge is 0.0106 e. The van der Waals surface area contributed by atoms with Crippen LogP contribution in [-0.2, 0) is 0 Å². The van der Waals surface area contributed by atoms with Gasteiger partial charge in [-0.3, -0.25) is 0 Å². The maximum absolute atomic E-state index is 2.38. The van der Waals surface area contributed by atoms with Crippen molar-refractivity contribution < 1.29 is 0 Å². The van der Waals surface area contributed by atoms with E-state index in [0.29, 0.717) is 0 Å². The molecule has 0 radical (unpaired) electrons. The second kappa shape index (κ2) is 4.81. The summed E-state index contributed by atoms with van der Waals surface area (Å²) in [5.41, 5.74) is 4.34. The van der Waals surface area contributed by atoms with Crippen molar-refractivity contribution in [3.8, 4) is 0 Å². The molecule has 0 bridgehead atoms. The predicted molar refractivity (Wildman–Crippen MR) is 79.5 cm³/mol. The first-order valence-electron chi connectivity index (χ1n) is 6.76. The summed E-state index contributed by atoms with van der Waals surface area (Å²) in [5.74, 6) is 0. The summed E-state index contributed by atoms with van der Waals surface area (Å²) >= 11 is 0. The van der Waals surface area contributed by atoms with E-state index in [1.807, 2.05) is 0 Å². The summed E-state index contributed by atoms with van der Waals surface area (Å²) < 4.78 is 0. The quantitative estimate of drug-likeness (QED) is 0.671. The molecule has 0 fully saturated rings. The second-order valence-corrected chi connectivity index (χ2v) is 4.94. The third-order valence-corrected chi connectivity index (χ3v) is 3.62. The Morgan fingerprint density at radius 1 is 1.00 bits per heavy atom. The molecular weight excluding hydrogens is 216 g/mol. The number of hydrogen-bond acceptors (Lipinski definition) is 0. The molecule has 0 saturated carbocycles. The minimum atomic E-state index is 1.13. The van der Waals surface area contributed by atoms with E-state index in [1.54, 1.807) is 5.57 Å². The van der Waals surface area contributed by atoms with Crippen molar-refractivity contribution in [2.24, 2.45) is 0 Å². The van der Waals surface area contributed by atoms with Gasteiger partial charge in [-0.05, 0) is 34.8 Å². The fraction of sp³-hybridized carbons (Fsp3) is 0.222. The normalized spacial score (nSPS) is 14.7. The molecule has 0 amide bonds. The Hall–Kier alpha value is -1.82. The van der Waals surface area contributed by atoms with Gasteiger partial charge in [-0.25, -0.2) is 0 Å². The Morgan fingerprint density at radius 2 is 1.83 bits per heavy atom. The summed E-state index contributed by atoms with van der Waals surface area (Å²) in [6, 6.07) is 15.2. The molecule has 1 aliphatic rings. The third kappa shape index (κ3) is 1.99. The van der Waals surface area contributed by atoms with Gasteiger partial charge in [-0.15, -0.1) is 0 Å². The third-order valence-electron chi connectivity index (χ3n) is 3.62. The SMILES string of the molecule is CCCC1=CC(c2cccc3ccccc23)=CC1. The van der Waals surface area contributed by atoms with Crippen LogP contribution >= 0.6 is 0 Å². The average Bonchev–Trinajstić information content (AvgIpc) is 2.87. The zero-order valence-electron chi connectivity index (χ0n) is 10.8. The van der Waals surface area contributed by atoms with Crippen molar-refractivity contribution in [2.75, 3.05) is 0 Å². The number of hydrogen-bond donors (Lipinski definition) is 0. The lowest BCUT2D eigenvalue weighted by Gasteiger charge is -2.05. The van der Waals surface area contributed by atoms with Gasteiger partial charge in [-0.1, -0.05) is 73.5 Å². The maximum atomic E-state index is 2.38. The molecule has 0 saturated heterocycles. The van der Waals surface area contributed by atoms with E-state index in [-0.39, 0.29) is 0 Å². The fourth-order valence-corrected chi connectivity index (χ4v) is 2.74. The molecule has 0 atom stereocenters. The molecule has 90 valence electrons. The lowest BCUT2D eigenvalue weighted by atomic mass is 9.99. The van der Waals surface area contributed by atoms with Crippen LogP contribution in [0.2, 0.25) is 0 Å². The number of rotatable bonds is 3. The van der Waals surface area contributed by atoms with Crippen molar-refractivity contribution in [1.82, 2.24) is 0 Å². The van der Waals surface area contributed by atoms with Gasteiger partial charge in [0.15, 0.2) is 0 Å². The molecule has 3 rings (SSSR count). The summed E-state index contributed by atoms with van der Waals surface area (Å²) in [4.78, 5) is 0. The molecule has 2 aromatic carbocycles. The van der Waals surface area contributed by atoms with Crippen molar-refractivity contribution in [1.29, 1.82) is 0 Å². The molecule has 0 heterocycles. The number of benzene rings is 2. The van der Waals surface area contributed by atoms with Gasteiger partial charge in [-0.2, -0.15) is 0 Å². The summed E-state index contributed by atoms with van der Waals surface area (Å²) in [6.07, 6.45) is 8.34. The molecule has 0 unspecified atom stereocenters. The van der Waals surface area contributed by atoms with Crippen LogP contribution in [0.1, 0.15) is 31.7 Å². The van der Waals surface area contributed by atoms with Crippen molar-refractivity contribution in [3.05, 3.63) is 65.8 Å². The van der Waals surface area contributed by atoms with Crippen LogP contribution in [-0.4, -0.2) is 0 Å². The largest absolute Gasteiger partial charge is 0.0726 e. The molecule has 2 aromatic rings. The van der Waals surface area contributed by atoms with Crippen LogP contribution in [0.25, 0.3) is 16.3 Å². The Bertz CT molecular complexity index is 624. The molecule has 0 aliphatic heterocycles. The molecule has 1 aliphatic carbocycles. The monoisotopic (exact) mass is 234 g/mol. The second-order valence-electron chi connectivity index (χ2n) is 4.94. The van der Waals surface area contributed by atoms with E-state index in [4.69, 9.17) is 0 Å². The Labute approximate surface area is 109 Å². The molecule has 0 nitrogen and oxygen atoms in total. The van der Waals surface area contributed by atoms with E-state index in [0.717, 1.165) is 6.42 Å². The van der Waals surface area contributed by atoms with E-state index >= 15 is 0 Å². The summed E-state index contributed by atoms with van der Waals surface area (Å²) in [7, 11) is 0. The first-order chi connectivity index (χ1) is 8.88. The predicted octanol–water partition coefficient (Wildman–Crippen LogP) is 5.35. The summed E-state index contributed by atoms with van der Waals surface area (Å²) in [6.45, 7) is 2.25. The molecule has 0 spiro atoms. The molecule has 18 heavy (non-hydrogen) atoms. The molecule has 0 N–H and O–H groups in total. The van der Waals surface area contributed by atoms with Gasteiger partial charge in [0.25, 0.3) is 0 Å². The lowest BCUT2D eigenvalue weighted by molar-refractivity contribution is 0.887. The van der Waals surface area contributed by atoms with Crippen LogP contribution in [0, 0.1) is 0 Å².